The van der Waals surface area contributed by atoms with Crippen LogP contribution in [-0.2, 0) is 13.1 Å². The molecule has 2 fully saturated rings. The third kappa shape index (κ3) is 3.43. The van der Waals surface area contributed by atoms with Gasteiger partial charge >= 0.3 is 0 Å². The molecule has 0 aromatic carbocycles. The summed E-state index contributed by atoms with van der Waals surface area (Å²) in [6, 6.07) is 3.14. The molecule has 1 aliphatic heterocycles. The van der Waals surface area contributed by atoms with Crippen molar-refractivity contribution in [2.45, 2.75) is 45.8 Å². The van der Waals surface area contributed by atoms with E-state index in [2.05, 4.69) is 35.0 Å². The topological polar surface area (TPSA) is 31.6 Å². The van der Waals surface area contributed by atoms with Crippen molar-refractivity contribution in [2.24, 2.45) is 0 Å². The summed E-state index contributed by atoms with van der Waals surface area (Å²) in [7, 11) is 0. The summed E-state index contributed by atoms with van der Waals surface area (Å²) in [4.78, 5) is 5.18. The van der Waals surface area contributed by atoms with E-state index in [1.54, 1.807) is 0 Å². The molecule has 4 heteroatoms. The zero-order chi connectivity index (χ0) is 13.9. The van der Waals surface area contributed by atoms with Gasteiger partial charge in [0.2, 0.25) is 0 Å². The Morgan fingerprint density at radius 3 is 2.65 bits per heavy atom. The van der Waals surface area contributed by atoms with Crippen LogP contribution in [-0.4, -0.2) is 48.6 Å². The average Bonchev–Trinajstić information content (AvgIpc) is 3.23. The van der Waals surface area contributed by atoms with Crippen LogP contribution < -0.4 is 5.32 Å². The van der Waals surface area contributed by atoms with Gasteiger partial charge in [-0.2, -0.15) is 0 Å². The third-order valence-corrected chi connectivity index (χ3v) is 4.49. The molecule has 0 spiro atoms. The molecule has 0 atom stereocenters. The van der Waals surface area contributed by atoms with Gasteiger partial charge in [-0.1, -0.05) is 6.92 Å². The van der Waals surface area contributed by atoms with Crippen molar-refractivity contribution in [3.05, 3.63) is 23.2 Å². The lowest BCUT2D eigenvalue weighted by atomic mass is 10.2. The Hall–Kier alpha value is -0.840. The van der Waals surface area contributed by atoms with Gasteiger partial charge in [-0.05, 0) is 32.4 Å². The maximum absolute atomic E-state index is 5.91. The van der Waals surface area contributed by atoms with Crippen molar-refractivity contribution in [3.8, 4) is 0 Å². The fraction of sp³-hybridized carbons (Fsp3) is 0.750. The zero-order valence-corrected chi connectivity index (χ0v) is 12.8. The summed E-state index contributed by atoms with van der Waals surface area (Å²) >= 11 is 0. The SMILES string of the molecule is CCNCc1cc(CN2CCN(C3CC3)CC2)oc1C. The molecule has 0 amide bonds. The molecular formula is C16H27N3O. The predicted molar refractivity (Wildman–Crippen MR) is 80.7 cm³/mol. The minimum absolute atomic E-state index is 0.912. The standard InChI is InChI=1S/C16H27N3O/c1-3-17-11-14-10-16(20-13(14)2)12-18-6-8-19(9-7-18)15-4-5-15/h10,15,17H,3-9,11-12H2,1-2H3. The number of rotatable bonds is 6. The minimum atomic E-state index is 0.912. The zero-order valence-electron chi connectivity index (χ0n) is 12.8. The smallest absolute Gasteiger partial charge is 0.118 e. The van der Waals surface area contributed by atoms with Crippen LogP contribution in [0.5, 0.6) is 0 Å². The summed E-state index contributed by atoms with van der Waals surface area (Å²) in [5.41, 5.74) is 1.30. The first kappa shape index (κ1) is 14.1. The molecule has 1 saturated heterocycles. The molecule has 20 heavy (non-hydrogen) atoms. The molecule has 3 rings (SSSR count). The van der Waals surface area contributed by atoms with E-state index in [9.17, 15) is 0 Å². The predicted octanol–water partition coefficient (Wildman–Crippen LogP) is 1.98. The normalized spacial score (nSPS) is 21.5. The van der Waals surface area contributed by atoms with Crippen LogP contribution >= 0.6 is 0 Å². The van der Waals surface area contributed by atoms with Crippen molar-refractivity contribution in [1.29, 1.82) is 0 Å². The van der Waals surface area contributed by atoms with Crippen LogP contribution in [0.15, 0.2) is 10.5 Å². The van der Waals surface area contributed by atoms with E-state index in [1.807, 2.05) is 0 Å². The van der Waals surface area contributed by atoms with Crippen molar-refractivity contribution in [1.82, 2.24) is 15.1 Å². The van der Waals surface area contributed by atoms with Gasteiger partial charge in [0.15, 0.2) is 0 Å². The van der Waals surface area contributed by atoms with Crippen molar-refractivity contribution in [2.75, 3.05) is 32.7 Å². The highest BCUT2D eigenvalue weighted by atomic mass is 16.3. The molecule has 0 bridgehead atoms. The van der Waals surface area contributed by atoms with Crippen LogP contribution in [0.2, 0.25) is 0 Å². The van der Waals surface area contributed by atoms with Crippen LogP contribution in [0, 0.1) is 6.92 Å². The summed E-state index contributed by atoms with van der Waals surface area (Å²) in [5, 5.41) is 3.37. The lowest BCUT2D eigenvalue weighted by Crippen LogP contribution is -2.46. The second kappa shape index (κ2) is 6.29. The Morgan fingerprint density at radius 2 is 2.00 bits per heavy atom. The molecule has 4 nitrogen and oxygen atoms in total. The van der Waals surface area contributed by atoms with E-state index in [4.69, 9.17) is 4.42 Å². The van der Waals surface area contributed by atoms with Gasteiger partial charge in [-0.3, -0.25) is 9.80 Å². The number of nitrogens with zero attached hydrogens (tertiary/aromatic N) is 2. The molecule has 0 unspecified atom stereocenters. The Kier molecular flexibility index (Phi) is 4.44. The number of hydrogen-bond acceptors (Lipinski definition) is 4. The van der Waals surface area contributed by atoms with Crippen LogP contribution in [0.1, 0.15) is 36.8 Å². The Morgan fingerprint density at radius 1 is 1.25 bits per heavy atom. The summed E-state index contributed by atoms with van der Waals surface area (Å²) < 4.78 is 5.91. The lowest BCUT2D eigenvalue weighted by Gasteiger charge is -2.34. The molecule has 1 aromatic rings. The maximum Gasteiger partial charge on any atom is 0.118 e. The minimum Gasteiger partial charge on any atom is -0.465 e. The van der Waals surface area contributed by atoms with Gasteiger partial charge in [0.1, 0.15) is 11.5 Å². The fourth-order valence-corrected chi connectivity index (χ4v) is 3.05. The number of hydrogen-bond donors (Lipinski definition) is 1. The largest absolute Gasteiger partial charge is 0.465 e. The van der Waals surface area contributed by atoms with Gasteiger partial charge in [-0.15, -0.1) is 0 Å². The number of furan rings is 1. The van der Waals surface area contributed by atoms with Gasteiger partial charge in [-0.25, -0.2) is 0 Å². The quantitative estimate of drug-likeness (QED) is 0.861. The molecule has 1 aromatic heterocycles. The van der Waals surface area contributed by atoms with E-state index in [1.165, 1.54) is 44.6 Å². The molecule has 1 saturated carbocycles. The number of piperazine rings is 1. The third-order valence-electron chi connectivity index (χ3n) is 4.49. The molecule has 112 valence electrons. The highest BCUT2D eigenvalue weighted by Crippen LogP contribution is 2.27. The van der Waals surface area contributed by atoms with Gasteiger partial charge < -0.3 is 9.73 Å². The monoisotopic (exact) mass is 277 g/mol. The highest BCUT2D eigenvalue weighted by molar-refractivity contribution is 5.20. The van der Waals surface area contributed by atoms with Crippen LogP contribution in [0.4, 0.5) is 0 Å². The lowest BCUT2D eigenvalue weighted by molar-refractivity contribution is 0.115. The first-order valence-corrected chi connectivity index (χ1v) is 8.01. The summed E-state index contributed by atoms with van der Waals surface area (Å²) in [6.45, 7) is 11.9. The average molecular weight is 277 g/mol. The van der Waals surface area contributed by atoms with Gasteiger partial charge in [0.25, 0.3) is 0 Å². The molecule has 2 aliphatic rings. The molecule has 0 radical (unpaired) electrons. The molecular weight excluding hydrogens is 250 g/mol. The van der Waals surface area contributed by atoms with Gasteiger partial charge in [0, 0.05) is 44.3 Å². The maximum atomic E-state index is 5.91. The van der Waals surface area contributed by atoms with E-state index in [0.29, 0.717) is 0 Å². The molecule has 1 N–H and O–H groups in total. The van der Waals surface area contributed by atoms with E-state index in [0.717, 1.165) is 37.2 Å². The Balaban J connectivity index is 1.50. The molecule has 1 aliphatic carbocycles. The van der Waals surface area contributed by atoms with Crippen molar-refractivity contribution >= 4 is 0 Å². The summed E-state index contributed by atoms with van der Waals surface area (Å²) in [6.07, 6.45) is 2.84. The fourth-order valence-electron chi connectivity index (χ4n) is 3.05. The Bertz CT molecular complexity index is 431. The number of nitrogens with one attached hydrogen (secondary N) is 1. The van der Waals surface area contributed by atoms with E-state index >= 15 is 0 Å². The van der Waals surface area contributed by atoms with Crippen molar-refractivity contribution < 1.29 is 4.42 Å². The van der Waals surface area contributed by atoms with E-state index in [-0.39, 0.29) is 0 Å². The first-order chi connectivity index (χ1) is 9.76. The van der Waals surface area contributed by atoms with Crippen molar-refractivity contribution in [3.63, 3.8) is 0 Å². The molecule has 2 heterocycles. The number of aryl methyl sites for hydroxylation is 1. The second-order valence-electron chi connectivity index (χ2n) is 6.12. The van der Waals surface area contributed by atoms with Gasteiger partial charge in [0.05, 0.1) is 6.54 Å². The highest BCUT2D eigenvalue weighted by Gasteiger charge is 2.31. The summed E-state index contributed by atoms with van der Waals surface area (Å²) in [5.74, 6) is 2.19. The Labute approximate surface area is 122 Å². The van der Waals surface area contributed by atoms with E-state index < -0.39 is 0 Å². The second-order valence-corrected chi connectivity index (χ2v) is 6.12. The first-order valence-electron chi connectivity index (χ1n) is 8.01. The van der Waals surface area contributed by atoms with Crippen LogP contribution in [0.3, 0.4) is 0 Å². The van der Waals surface area contributed by atoms with Crippen LogP contribution in [0.25, 0.3) is 0 Å².